The lowest BCUT2D eigenvalue weighted by Gasteiger charge is -2.02. The van der Waals surface area contributed by atoms with Gasteiger partial charge in [-0.05, 0) is 12.1 Å². The predicted octanol–water partition coefficient (Wildman–Crippen LogP) is 2.62. The molecule has 1 aromatic carbocycles. The number of hydrogen-bond donors (Lipinski definition) is 1. The van der Waals surface area contributed by atoms with Gasteiger partial charge in [0.15, 0.2) is 0 Å². The molecular weight excluding hydrogens is 294 g/mol. The highest BCUT2D eigenvalue weighted by Gasteiger charge is 2.08. The van der Waals surface area contributed by atoms with Crippen LogP contribution in [0, 0.1) is 10.1 Å². The van der Waals surface area contributed by atoms with Crippen LogP contribution in [0.2, 0.25) is 0 Å². The number of carboxylic acid groups (broad SMARTS) is 1. The summed E-state index contributed by atoms with van der Waals surface area (Å²) in [5, 5.41) is 27.9. The first-order valence-corrected chi connectivity index (χ1v) is 6.98. The number of thioether (sulfide) groups is 1. The smallest absolute Gasteiger partial charge is 0.304 e. The number of carboxylic acids is 1. The fraction of sp³-hybridized carbons (Fsp3) is 0.154. The zero-order chi connectivity index (χ0) is 15.2. The summed E-state index contributed by atoms with van der Waals surface area (Å²) in [5.41, 5.74) is 1.13. The lowest BCUT2D eigenvalue weighted by Crippen LogP contribution is -1.97. The molecule has 0 saturated heterocycles. The van der Waals surface area contributed by atoms with Gasteiger partial charge in [0.25, 0.3) is 5.69 Å². The summed E-state index contributed by atoms with van der Waals surface area (Å²) in [5.74, 6) is -0.441. The molecule has 21 heavy (non-hydrogen) atoms. The van der Waals surface area contributed by atoms with E-state index in [9.17, 15) is 14.9 Å². The van der Waals surface area contributed by atoms with Crippen molar-refractivity contribution in [1.82, 2.24) is 10.2 Å². The Morgan fingerprint density at radius 3 is 2.71 bits per heavy atom. The molecule has 1 heterocycles. The fourth-order valence-electron chi connectivity index (χ4n) is 1.57. The largest absolute Gasteiger partial charge is 0.481 e. The summed E-state index contributed by atoms with van der Waals surface area (Å²) in [6.07, 6.45) is 0.0545. The van der Waals surface area contributed by atoms with Gasteiger partial charge in [-0.1, -0.05) is 12.1 Å². The van der Waals surface area contributed by atoms with Gasteiger partial charge in [0.2, 0.25) is 0 Å². The molecule has 8 heteroatoms. The minimum absolute atomic E-state index is 0.00536. The van der Waals surface area contributed by atoms with Gasteiger partial charge in [-0.3, -0.25) is 14.9 Å². The number of hydrogen-bond acceptors (Lipinski definition) is 6. The number of aromatic nitrogens is 2. The standard InChI is InChI=1S/C13H11N3O4S/c17-13(18)6-7-21-12-5-4-11(14-15-12)9-2-1-3-10(8-9)16(19)20/h1-5,8H,6-7H2,(H,17,18). The van der Waals surface area contributed by atoms with Crippen LogP contribution in [0.4, 0.5) is 5.69 Å². The molecule has 0 atom stereocenters. The Hall–Kier alpha value is -2.48. The van der Waals surface area contributed by atoms with E-state index in [1.165, 1.54) is 23.9 Å². The van der Waals surface area contributed by atoms with E-state index in [0.29, 0.717) is 22.0 Å². The molecule has 0 aliphatic rings. The Labute approximate surface area is 124 Å². The molecule has 0 aliphatic heterocycles. The minimum atomic E-state index is -0.858. The second-order valence-electron chi connectivity index (χ2n) is 4.06. The van der Waals surface area contributed by atoms with Crippen LogP contribution < -0.4 is 0 Å². The summed E-state index contributed by atoms with van der Waals surface area (Å²) in [6.45, 7) is 0. The maximum atomic E-state index is 10.7. The van der Waals surface area contributed by atoms with Crippen LogP contribution in [-0.2, 0) is 4.79 Å². The second kappa shape index (κ2) is 6.80. The van der Waals surface area contributed by atoms with Crippen LogP contribution in [0.15, 0.2) is 41.4 Å². The van der Waals surface area contributed by atoms with Gasteiger partial charge >= 0.3 is 5.97 Å². The molecule has 1 aromatic heterocycles. The molecule has 1 N–H and O–H groups in total. The molecule has 108 valence electrons. The number of nitrogens with zero attached hydrogens (tertiary/aromatic N) is 3. The van der Waals surface area contributed by atoms with Gasteiger partial charge in [0, 0.05) is 23.4 Å². The van der Waals surface area contributed by atoms with Crippen molar-refractivity contribution in [2.24, 2.45) is 0 Å². The zero-order valence-electron chi connectivity index (χ0n) is 10.8. The molecule has 2 aromatic rings. The van der Waals surface area contributed by atoms with Crippen LogP contribution in [0.3, 0.4) is 0 Å². The zero-order valence-corrected chi connectivity index (χ0v) is 11.6. The van der Waals surface area contributed by atoms with Gasteiger partial charge in [0.05, 0.1) is 17.0 Å². The van der Waals surface area contributed by atoms with Gasteiger partial charge in [0.1, 0.15) is 5.03 Å². The number of benzene rings is 1. The van der Waals surface area contributed by atoms with Crippen molar-refractivity contribution in [3.63, 3.8) is 0 Å². The Balaban J connectivity index is 2.09. The summed E-state index contributed by atoms with van der Waals surface area (Å²) in [4.78, 5) is 20.7. The third-order valence-electron chi connectivity index (χ3n) is 2.56. The average Bonchev–Trinajstić information content (AvgIpc) is 2.48. The molecule has 0 amide bonds. The molecule has 7 nitrogen and oxygen atoms in total. The molecule has 0 radical (unpaired) electrons. The number of nitro benzene ring substituents is 1. The highest BCUT2D eigenvalue weighted by atomic mass is 32.2. The van der Waals surface area contributed by atoms with Gasteiger partial charge < -0.3 is 5.11 Å². The molecule has 2 rings (SSSR count). The highest BCUT2D eigenvalue weighted by Crippen LogP contribution is 2.23. The summed E-state index contributed by atoms with van der Waals surface area (Å²) in [7, 11) is 0. The van der Waals surface area contributed by atoms with E-state index in [4.69, 9.17) is 5.11 Å². The van der Waals surface area contributed by atoms with Gasteiger partial charge in [-0.2, -0.15) is 0 Å². The quantitative estimate of drug-likeness (QED) is 0.496. The number of aliphatic carboxylic acids is 1. The van der Waals surface area contributed by atoms with E-state index in [1.54, 1.807) is 24.3 Å². The Morgan fingerprint density at radius 2 is 2.10 bits per heavy atom. The molecule has 0 bridgehead atoms. The van der Waals surface area contributed by atoms with Crippen molar-refractivity contribution < 1.29 is 14.8 Å². The maximum absolute atomic E-state index is 10.7. The van der Waals surface area contributed by atoms with E-state index in [0.717, 1.165) is 0 Å². The van der Waals surface area contributed by atoms with Crippen molar-refractivity contribution in [2.45, 2.75) is 11.4 Å². The maximum Gasteiger partial charge on any atom is 0.304 e. The van der Waals surface area contributed by atoms with Crippen molar-refractivity contribution in [3.05, 3.63) is 46.5 Å². The fourth-order valence-corrected chi connectivity index (χ4v) is 2.32. The molecule has 0 fully saturated rings. The van der Waals surface area contributed by atoms with E-state index in [1.807, 2.05) is 0 Å². The molecular formula is C13H11N3O4S. The molecule has 0 saturated carbocycles. The van der Waals surface area contributed by atoms with Crippen LogP contribution in [0.1, 0.15) is 6.42 Å². The third kappa shape index (κ3) is 4.25. The molecule has 0 spiro atoms. The van der Waals surface area contributed by atoms with Crippen molar-refractivity contribution in [1.29, 1.82) is 0 Å². The number of non-ortho nitro benzene ring substituents is 1. The van der Waals surface area contributed by atoms with E-state index in [2.05, 4.69) is 10.2 Å². The number of rotatable bonds is 6. The SMILES string of the molecule is O=C(O)CCSc1ccc(-c2cccc([N+](=O)[O-])c2)nn1. The van der Waals surface area contributed by atoms with Crippen molar-refractivity contribution in [3.8, 4) is 11.3 Å². The Morgan fingerprint density at radius 1 is 1.29 bits per heavy atom. The lowest BCUT2D eigenvalue weighted by atomic mass is 10.1. The second-order valence-corrected chi connectivity index (χ2v) is 5.17. The number of carbonyl (C=O) groups is 1. The minimum Gasteiger partial charge on any atom is -0.481 e. The first-order valence-electron chi connectivity index (χ1n) is 5.99. The van der Waals surface area contributed by atoms with Crippen molar-refractivity contribution >= 4 is 23.4 Å². The Bertz CT molecular complexity index is 661. The third-order valence-corrected chi connectivity index (χ3v) is 3.48. The first-order chi connectivity index (χ1) is 10.1. The first kappa shape index (κ1) is 14.9. The van der Waals surface area contributed by atoms with Crippen LogP contribution >= 0.6 is 11.8 Å². The molecule has 0 aliphatic carbocycles. The summed E-state index contributed by atoms with van der Waals surface area (Å²) in [6, 6.07) is 9.57. The van der Waals surface area contributed by atoms with Crippen LogP contribution in [-0.4, -0.2) is 31.9 Å². The highest BCUT2D eigenvalue weighted by molar-refractivity contribution is 7.99. The average molecular weight is 305 g/mol. The van der Waals surface area contributed by atoms with E-state index in [-0.39, 0.29) is 12.1 Å². The number of nitro groups is 1. The Kier molecular flexibility index (Phi) is 4.83. The predicted molar refractivity (Wildman–Crippen MR) is 77.1 cm³/mol. The molecule has 0 unspecified atom stereocenters. The van der Waals surface area contributed by atoms with Crippen molar-refractivity contribution in [2.75, 3.05) is 5.75 Å². The summed E-state index contributed by atoms with van der Waals surface area (Å²) < 4.78 is 0. The lowest BCUT2D eigenvalue weighted by molar-refractivity contribution is -0.384. The monoisotopic (exact) mass is 305 g/mol. The van der Waals surface area contributed by atoms with E-state index < -0.39 is 10.9 Å². The van der Waals surface area contributed by atoms with Gasteiger partial charge in [-0.25, -0.2) is 0 Å². The van der Waals surface area contributed by atoms with Gasteiger partial charge in [-0.15, -0.1) is 22.0 Å². The van der Waals surface area contributed by atoms with Crippen LogP contribution in [0.5, 0.6) is 0 Å². The van der Waals surface area contributed by atoms with E-state index >= 15 is 0 Å². The topological polar surface area (TPSA) is 106 Å². The normalized spacial score (nSPS) is 10.3. The summed E-state index contributed by atoms with van der Waals surface area (Å²) >= 11 is 1.30. The van der Waals surface area contributed by atoms with Crippen LogP contribution in [0.25, 0.3) is 11.3 Å².